The molecule has 4 nitrogen and oxygen atoms in total. The fraction of sp³-hybridized carbons (Fsp3) is 0.400. The standard InChI is InChI=1S/C15H20N2O2/c1-12(2)19-11-10-17-15(18)14-7-5-13(6-8-14)4-3-9-16/h5-8,12H,9-11,16H2,1-2H3,(H,17,18). The predicted molar refractivity (Wildman–Crippen MR) is 75.8 cm³/mol. The van der Waals surface area contributed by atoms with Crippen molar-refractivity contribution in [3.63, 3.8) is 0 Å². The van der Waals surface area contributed by atoms with Crippen LogP contribution in [0.5, 0.6) is 0 Å². The van der Waals surface area contributed by atoms with Crippen molar-refractivity contribution in [2.75, 3.05) is 19.7 Å². The van der Waals surface area contributed by atoms with Gasteiger partial charge in [0.15, 0.2) is 0 Å². The fourth-order valence-electron chi connectivity index (χ4n) is 1.42. The third-order valence-electron chi connectivity index (χ3n) is 2.32. The smallest absolute Gasteiger partial charge is 0.251 e. The van der Waals surface area contributed by atoms with Gasteiger partial charge in [-0.3, -0.25) is 4.79 Å². The van der Waals surface area contributed by atoms with Gasteiger partial charge < -0.3 is 15.8 Å². The number of benzene rings is 1. The second-order valence-corrected chi connectivity index (χ2v) is 4.26. The molecule has 0 radical (unpaired) electrons. The number of carbonyl (C=O) groups excluding carboxylic acids is 1. The van der Waals surface area contributed by atoms with E-state index in [9.17, 15) is 4.79 Å². The first-order valence-corrected chi connectivity index (χ1v) is 6.32. The van der Waals surface area contributed by atoms with Gasteiger partial charge in [-0.25, -0.2) is 0 Å². The molecule has 0 unspecified atom stereocenters. The van der Waals surface area contributed by atoms with Crippen molar-refractivity contribution in [3.05, 3.63) is 35.4 Å². The molecule has 0 aliphatic carbocycles. The van der Waals surface area contributed by atoms with Crippen LogP contribution >= 0.6 is 0 Å². The molecular weight excluding hydrogens is 240 g/mol. The molecule has 0 bridgehead atoms. The zero-order valence-electron chi connectivity index (χ0n) is 11.4. The Morgan fingerprint density at radius 3 is 2.63 bits per heavy atom. The minimum absolute atomic E-state index is 0.106. The van der Waals surface area contributed by atoms with Gasteiger partial charge in [0.2, 0.25) is 0 Å². The number of nitrogens with one attached hydrogen (secondary N) is 1. The molecule has 3 N–H and O–H groups in total. The van der Waals surface area contributed by atoms with Crippen molar-refractivity contribution in [1.82, 2.24) is 5.32 Å². The predicted octanol–water partition coefficient (Wildman–Crippen LogP) is 1.15. The van der Waals surface area contributed by atoms with Crippen LogP contribution in [-0.2, 0) is 4.74 Å². The Hall–Kier alpha value is -1.83. The van der Waals surface area contributed by atoms with E-state index in [-0.39, 0.29) is 12.0 Å². The average molecular weight is 260 g/mol. The highest BCUT2D eigenvalue weighted by molar-refractivity contribution is 5.94. The molecule has 0 atom stereocenters. The summed E-state index contributed by atoms with van der Waals surface area (Å²) in [6, 6.07) is 7.11. The Kier molecular flexibility index (Phi) is 6.65. The van der Waals surface area contributed by atoms with Gasteiger partial charge >= 0.3 is 0 Å². The molecule has 0 heterocycles. The zero-order chi connectivity index (χ0) is 14.1. The first-order valence-electron chi connectivity index (χ1n) is 6.32. The Bertz CT molecular complexity index is 455. The molecule has 4 heteroatoms. The summed E-state index contributed by atoms with van der Waals surface area (Å²) in [5.41, 5.74) is 6.76. The first kappa shape index (κ1) is 15.2. The topological polar surface area (TPSA) is 64.3 Å². The summed E-state index contributed by atoms with van der Waals surface area (Å²) in [5.74, 6) is 5.57. The number of hydrogen-bond donors (Lipinski definition) is 2. The number of carbonyl (C=O) groups is 1. The molecule has 1 aromatic carbocycles. The van der Waals surface area contributed by atoms with E-state index in [0.29, 0.717) is 25.3 Å². The van der Waals surface area contributed by atoms with Crippen LogP contribution in [0.25, 0.3) is 0 Å². The highest BCUT2D eigenvalue weighted by Gasteiger charge is 2.04. The SMILES string of the molecule is CC(C)OCCNC(=O)c1ccc(C#CCN)cc1. The van der Waals surface area contributed by atoms with Crippen LogP contribution in [0.1, 0.15) is 29.8 Å². The summed E-state index contributed by atoms with van der Waals surface area (Å²) in [6.07, 6.45) is 0.178. The van der Waals surface area contributed by atoms with E-state index in [2.05, 4.69) is 17.2 Å². The van der Waals surface area contributed by atoms with Crippen LogP contribution in [0.15, 0.2) is 24.3 Å². The maximum atomic E-state index is 11.8. The number of nitrogens with two attached hydrogens (primary N) is 1. The summed E-state index contributed by atoms with van der Waals surface area (Å²) < 4.78 is 5.35. The maximum Gasteiger partial charge on any atom is 0.251 e. The Labute approximate surface area is 114 Å². The minimum Gasteiger partial charge on any atom is -0.377 e. The van der Waals surface area contributed by atoms with Crippen LogP contribution in [0.4, 0.5) is 0 Å². The van der Waals surface area contributed by atoms with E-state index in [4.69, 9.17) is 10.5 Å². The average Bonchev–Trinajstić information content (AvgIpc) is 2.41. The highest BCUT2D eigenvalue weighted by atomic mass is 16.5. The number of rotatable bonds is 5. The van der Waals surface area contributed by atoms with Gasteiger partial charge in [-0.1, -0.05) is 11.8 Å². The lowest BCUT2D eigenvalue weighted by atomic mass is 10.1. The summed E-state index contributed by atoms with van der Waals surface area (Å²) >= 11 is 0. The van der Waals surface area contributed by atoms with E-state index >= 15 is 0 Å². The van der Waals surface area contributed by atoms with Crippen molar-refractivity contribution in [1.29, 1.82) is 0 Å². The van der Waals surface area contributed by atoms with Gasteiger partial charge in [-0.05, 0) is 38.1 Å². The Morgan fingerprint density at radius 2 is 2.05 bits per heavy atom. The zero-order valence-corrected chi connectivity index (χ0v) is 11.4. The van der Waals surface area contributed by atoms with Crippen LogP contribution in [0.2, 0.25) is 0 Å². The first-order chi connectivity index (χ1) is 9.13. The van der Waals surface area contributed by atoms with Crippen molar-refractivity contribution in [2.45, 2.75) is 20.0 Å². The van der Waals surface area contributed by atoms with Gasteiger partial charge in [-0.15, -0.1) is 0 Å². The molecule has 0 aromatic heterocycles. The summed E-state index contributed by atoms with van der Waals surface area (Å²) in [7, 11) is 0. The molecule has 1 aromatic rings. The van der Waals surface area contributed by atoms with Gasteiger partial charge in [0, 0.05) is 17.7 Å². The van der Waals surface area contributed by atoms with Crippen molar-refractivity contribution in [2.24, 2.45) is 5.73 Å². The minimum atomic E-state index is -0.106. The summed E-state index contributed by atoms with van der Waals surface area (Å²) in [6.45, 7) is 5.28. The molecule has 0 fully saturated rings. The molecule has 19 heavy (non-hydrogen) atoms. The largest absolute Gasteiger partial charge is 0.377 e. The van der Waals surface area contributed by atoms with E-state index in [0.717, 1.165) is 5.56 Å². The molecule has 0 spiro atoms. The van der Waals surface area contributed by atoms with Gasteiger partial charge in [0.05, 0.1) is 19.3 Å². The van der Waals surface area contributed by atoms with E-state index < -0.39 is 0 Å². The van der Waals surface area contributed by atoms with Crippen LogP contribution in [0, 0.1) is 11.8 Å². The van der Waals surface area contributed by atoms with E-state index in [1.54, 1.807) is 12.1 Å². The summed E-state index contributed by atoms with van der Waals surface area (Å²) in [4.78, 5) is 11.8. The molecule has 1 amide bonds. The number of ether oxygens (including phenoxy) is 1. The number of hydrogen-bond acceptors (Lipinski definition) is 3. The quantitative estimate of drug-likeness (QED) is 0.616. The molecular formula is C15H20N2O2. The molecule has 0 aliphatic rings. The highest BCUT2D eigenvalue weighted by Crippen LogP contribution is 2.03. The molecule has 102 valence electrons. The lowest BCUT2D eigenvalue weighted by molar-refractivity contribution is 0.0746. The molecule has 1 rings (SSSR count). The lowest BCUT2D eigenvalue weighted by Crippen LogP contribution is -2.28. The third-order valence-corrected chi connectivity index (χ3v) is 2.32. The number of amides is 1. The van der Waals surface area contributed by atoms with Gasteiger partial charge in [-0.2, -0.15) is 0 Å². The fourth-order valence-corrected chi connectivity index (χ4v) is 1.42. The van der Waals surface area contributed by atoms with Crippen molar-refractivity contribution >= 4 is 5.91 Å². The Morgan fingerprint density at radius 1 is 1.37 bits per heavy atom. The van der Waals surface area contributed by atoms with Crippen molar-refractivity contribution < 1.29 is 9.53 Å². The Balaban J connectivity index is 2.44. The van der Waals surface area contributed by atoms with Gasteiger partial charge in [0.1, 0.15) is 0 Å². The second kappa shape index (κ2) is 8.30. The van der Waals surface area contributed by atoms with Crippen LogP contribution in [0.3, 0.4) is 0 Å². The summed E-state index contributed by atoms with van der Waals surface area (Å²) in [5, 5.41) is 2.80. The lowest BCUT2D eigenvalue weighted by Gasteiger charge is -2.08. The molecule has 0 aliphatic heterocycles. The van der Waals surface area contributed by atoms with E-state index in [1.807, 2.05) is 26.0 Å². The molecule has 0 saturated carbocycles. The van der Waals surface area contributed by atoms with Crippen molar-refractivity contribution in [3.8, 4) is 11.8 Å². The molecule has 0 saturated heterocycles. The van der Waals surface area contributed by atoms with Crippen LogP contribution < -0.4 is 11.1 Å². The second-order valence-electron chi connectivity index (χ2n) is 4.26. The normalized spacial score (nSPS) is 9.89. The maximum absolute atomic E-state index is 11.8. The van der Waals surface area contributed by atoms with Gasteiger partial charge in [0.25, 0.3) is 5.91 Å². The third kappa shape index (κ3) is 6.05. The monoisotopic (exact) mass is 260 g/mol. The van der Waals surface area contributed by atoms with Crippen LogP contribution in [-0.4, -0.2) is 31.7 Å². The van der Waals surface area contributed by atoms with E-state index in [1.165, 1.54) is 0 Å².